The predicted octanol–water partition coefficient (Wildman–Crippen LogP) is 3.46. The van der Waals surface area contributed by atoms with Crippen molar-refractivity contribution in [3.05, 3.63) is 29.6 Å². The molecule has 108 valence electrons. The second-order valence-corrected chi connectivity index (χ2v) is 4.47. The third kappa shape index (κ3) is 3.07. The largest absolute Gasteiger partial charge is 0.494 e. The van der Waals surface area contributed by atoms with E-state index in [1.54, 1.807) is 12.1 Å². The lowest BCUT2D eigenvalue weighted by Crippen LogP contribution is -2.39. The Morgan fingerprint density at radius 3 is 2.37 bits per heavy atom. The summed E-state index contributed by atoms with van der Waals surface area (Å²) in [7, 11) is 1.41. The molecule has 0 amide bonds. The molecule has 0 aliphatic heterocycles. The molecule has 0 aromatic heterocycles. The zero-order valence-electron chi connectivity index (χ0n) is 12.1. The summed E-state index contributed by atoms with van der Waals surface area (Å²) in [5, 5.41) is 10.5. The van der Waals surface area contributed by atoms with E-state index in [0.29, 0.717) is 19.4 Å². The summed E-state index contributed by atoms with van der Waals surface area (Å²) in [6.45, 7) is 6.21. The maximum Gasteiger partial charge on any atom is 0.170 e. The highest BCUT2D eigenvalue weighted by Gasteiger charge is 2.38. The number of aliphatic hydroxyl groups excluding tert-OH is 1. The average molecular weight is 270 g/mol. The van der Waals surface area contributed by atoms with Crippen LogP contribution in [0.1, 0.15) is 45.3 Å². The van der Waals surface area contributed by atoms with Gasteiger partial charge in [0.1, 0.15) is 6.10 Å². The smallest absolute Gasteiger partial charge is 0.170 e. The van der Waals surface area contributed by atoms with Gasteiger partial charge in [0.25, 0.3) is 0 Å². The summed E-state index contributed by atoms with van der Waals surface area (Å²) in [5.41, 5.74) is -0.543. The Hall–Kier alpha value is -1.13. The fourth-order valence-corrected chi connectivity index (χ4v) is 2.39. The molecule has 4 heteroatoms. The van der Waals surface area contributed by atoms with Gasteiger partial charge in [-0.2, -0.15) is 0 Å². The van der Waals surface area contributed by atoms with Crippen molar-refractivity contribution in [2.75, 3.05) is 13.7 Å². The highest BCUT2D eigenvalue weighted by Crippen LogP contribution is 2.38. The lowest BCUT2D eigenvalue weighted by atomic mass is 9.85. The number of benzene rings is 1. The summed E-state index contributed by atoms with van der Waals surface area (Å²) >= 11 is 0. The molecule has 1 rings (SSSR count). The quantitative estimate of drug-likeness (QED) is 0.824. The van der Waals surface area contributed by atoms with Crippen LogP contribution in [0.15, 0.2) is 18.2 Å². The Labute approximate surface area is 114 Å². The second-order valence-electron chi connectivity index (χ2n) is 4.47. The standard InChI is InChI=1S/C15H23FO3/c1-5-15(6-2,19-7-3)14(17)11-9-8-10-12(18-4)13(11)16/h8-10,14,17H,5-7H2,1-4H3. The van der Waals surface area contributed by atoms with E-state index in [9.17, 15) is 9.50 Å². The van der Waals surface area contributed by atoms with Crippen LogP contribution in [0.3, 0.4) is 0 Å². The molecular weight excluding hydrogens is 247 g/mol. The minimum Gasteiger partial charge on any atom is -0.494 e. The highest BCUT2D eigenvalue weighted by atomic mass is 19.1. The van der Waals surface area contributed by atoms with Crippen LogP contribution in [0.25, 0.3) is 0 Å². The van der Waals surface area contributed by atoms with Gasteiger partial charge in [-0.05, 0) is 25.8 Å². The van der Waals surface area contributed by atoms with Gasteiger partial charge in [0, 0.05) is 12.2 Å². The van der Waals surface area contributed by atoms with Crippen molar-refractivity contribution in [3.63, 3.8) is 0 Å². The molecule has 1 N–H and O–H groups in total. The molecule has 0 heterocycles. The van der Waals surface area contributed by atoms with Crippen LogP contribution in [-0.4, -0.2) is 24.4 Å². The van der Waals surface area contributed by atoms with Crippen molar-refractivity contribution in [1.29, 1.82) is 0 Å². The molecule has 0 radical (unpaired) electrons. The molecule has 1 aromatic rings. The van der Waals surface area contributed by atoms with E-state index in [0.717, 1.165) is 0 Å². The number of hydrogen-bond donors (Lipinski definition) is 1. The third-order valence-corrected chi connectivity index (χ3v) is 3.63. The Kier molecular flexibility index (Phi) is 5.76. The first-order valence-electron chi connectivity index (χ1n) is 6.70. The SMILES string of the molecule is CCOC(CC)(CC)C(O)c1cccc(OC)c1F. The number of aliphatic hydroxyl groups is 1. The van der Waals surface area contributed by atoms with Crippen LogP contribution in [0.4, 0.5) is 4.39 Å². The molecular formula is C15H23FO3. The second kappa shape index (κ2) is 6.87. The molecule has 0 spiro atoms. The van der Waals surface area contributed by atoms with Gasteiger partial charge in [-0.1, -0.05) is 26.0 Å². The van der Waals surface area contributed by atoms with E-state index in [-0.39, 0.29) is 11.3 Å². The molecule has 0 saturated carbocycles. The van der Waals surface area contributed by atoms with Crippen molar-refractivity contribution in [2.24, 2.45) is 0 Å². The first-order valence-corrected chi connectivity index (χ1v) is 6.70. The van der Waals surface area contributed by atoms with Crippen molar-refractivity contribution >= 4 is 0 Å². The van der Waals surface area contributed by atoms with Crippen LogP contribution in [0, 0.1) is 5.82 Å². The van der Waals surface area contributed by atoms with E-state index < -0.39 is 17.5 Å². The number of hydrogen-bond acceptors (Lipinski definition) is 3. The van der Waals surface area contributed by atoms with E-state index in [2.05, 4.69) is 0 Å². The van der Waals surface area contributed by atoms with Crippen LogP contribution < -0.4 is 4.74 Å². The van der Waals surface area contributed by atoms with Gasteiger partial charge in [-0.15, -0.1) is 0 Å². The normalized spacial score (nSPS) is 13.4. The van der Waals surface area contributed by atoms with E-state index in [1.165, 1.54) is 13.2 Å². The van der Waals surface area contributed by atoms with Crippen LogP contribution in [0.2, 0.25) is 0 Å². The van der Waals surface area contributed by atoms with E-state index in [4.69, 9.17) is 9.47 Å². The molecule has 0 aliphatic rings. The van der Waals surface area contributed by atoms with E-state index in [1.807, 2.05) is 20.8 Å². The first-order chi connectivity index (χ1) is 9.06. The van der Waals surface area contributed by atoms with Gasteiger partial charge in [-0.3, -0.25) is 0 Å². The fourth-order valence-electron chi connectivity index (χ4n) is 2.39. The summed E-state index contributed by atoms with van der Waals surface area (Å²) in [5.74, 6) is -0.391. The number of methoxy groups -OCH3 is 1. The minimum atomic E-state index is -1.02. The Morgan fingerprint density at radius 2 is 1.89 bits per heavy atom. The van der Waals surface area contributed by atoms with E-state index >= 15 is 0 Å². The average Bonchev–Trinajstić information content (AvgIpc) is 2.44. The molecule has 0 fully saturated rings. The molecule has 0 bridgehead atoms. The summed E-state index contributed by atoms with van der Waals surface area (Å²) in [6, 6.07) is 4.77. The summed E-state index contributed by atoms with van der Waals surface area (Å²) in [6.07, 6.45) is 0.196. The highest BCUT2D eigenvalue weighted by molar-refractivity contribution is 5.33. The Morgan fingerprint density at radius 1 is 1.26 bits per heavy atom. The van der Waals surface area contributed by atoms with Gasteiger partial charge >= 0.3 is 0 Å². The van der Waals surface area contributed by atoms with Gasteiger partial charge < -0.3 is 14.6 Å². The summed E-state index contributed by atoms with van der Waals surface area (Å²) in [4.78, 5) is 0. The molecule has 0 aliphatic carbocycles. The lowest BCUT2D eigenvalue weighted by molar-refractivity contribution is -0.128. The van der Waals surface area contributed by atoms with Crippen LogP contribution >= 0.6 is 0 Å². The number of rotatable bonds is 7. The van der Waals surface area contributed by atoms with Gasteiger partial charge in [-0.25, -0.2) is 4.39 Å². The zero-order chi connectivity index (χ0) is 14.5. The predicted molar refractivity (Wildman–Crippen MR) is 72.9 cm³/mol. The number of ether oxygens (including phenoxy) is 2. The molecule has 1 atom stereocenters. The number of halogens is 1. The van der Waals surface area contributed by atoms with Crippen LogP contribution in [-0.2, 0) is 4.74 Å². The molecule has 19 heavy (non-hydrogen) atoms. The monoisotopic (exact) mass is 270 g/mol. The van der Waals surface area contributed by atoms with Gasteiger partial charge in [0.05, 0.1) is 12.7 Å². The van der Waals surface area contributed by atoms with Crippen molar-refractivity contribution < 1.29 is 19.0 Å². The minimum absolute atomic E-state index is 0.133. The van der Waals surface area contributed by atoms with Crippen molar-refractivity contribution in [1.82, 2.24) is 0 Å². The molecule has 3 nitrogen and oxygen atoms in total. The first kappa shape index (κ1) is 15.9. The summed E-state index contributed by atoms with van der Waals surface area (Å²) < 4.78 is 24.9. The lowest BCUT2D eigenvalue weighted by Gasteiger charge is -2.36. The zero-order valence-corrected chi connectivity index (χ0v) is 12.1. The molecule has 0 saturated heterocycles. The molecule has 1 unspecified atom stereocenters. The van der Waals surface area contributed by atoms with Gasteiger partial charge in [0.2, 0.25) is 0 Å². The Balaban J connectivity index is 3.19. The van der Waals surface area contributed by atoms with Gasteiger partial charge in [0.15, 0.2) is 11.6 Å². The maximum atomic E-state index is 14.2. The molecule has 1 aromatic carbocycles. The van der Waals surface area contributed by atoms with Crippen molar-refractivity contribution in [2.45, 2.75) is 45.3 Å². The van der Waals surface area contributed by atoms with Crippen LogP contribution in [0.5, 0.6) is 5.75 Å². The maximum absolute atomic E-state index is 14.2. The third-order valence-electron chi connectivity index (χ3n) is 3.63. The van der Waals surface area contributed by atoms with Crippen molar-refractivity contribution in [3.8, 4) is 5.75 Å². The Bertz CT molecular complexity index is 402. The topological polar surface area (TPSA) is 38.7 Å². The fraction of sp³-hybridized carbons (Fsp3) is 0.600.